The van der Waals surface area contributed by atoms with Gasteiger partial charge in [-0.3, -0.25) is 4.79 Å². The van der Waals surface area contributed by atoms with Crippen LogP contribution in [0.15, 0.2) is 42.5 Å². The van der Waals surface area contributed by atoms with Crippen molar-refractivity contribution in [3.63, 3.8) is 0 Å². The maximum absolute atomic E-state index is 12.8. The van der Waals surface area contributed by atoms with Crippen molar-refractivity contribution in [2.24, 2.45) is 0 Å². The van der Waals surface area contributed by atoms with E-state index in [9.17, 15) is 4.79 Å². The largest absolute Gasteiger partial charge is 0.480 e. The van der Waals surface area contributed by atoms with E-state index in [2.05, 4.69) is 24.0 Å². The molecule has 0 bridgehead atoms. The molecule has 2 aromatic rings. The van der Waals surface area contributed by atoms with E-state index in [4.69, 9.17) is 4.74 Å². The Morgan fingerprint density at radius 2 is 1.75 bits per heavy atom. The predicted molar refractivity (Wildman–Crippen MR) is 97.3 cm³/mol. The monoisotopic (exact) mass is 326 g/mol. The second kappa shape index (κ2) is 7.67. The van der Waals surface area contributed by atoms with Crippen LogP contribution in [0.5, 0.6) is 5.75 Å². The van der Waals surface area contributed by atoms with Gasteiger partial charge in [-0.1, -0.05) is 50.2 Å². The van der Waals surface area contributed by atoms with Crippen LogP contribution >= 0.6 is 0 Å². The van der Waals surface area contributed by atoms with Crippen LogP contribution in [0.3, 0.4) is 0 Å². The SMILES string of the molecule is CCC(Oc1cccc2ccccc12)C(=O)N1CCN(CC)CC1. The minimum absolute atomic E-state index is 0.112. The molecular formula is C20H26N2O2. The van der Waals surface area contributed by atoms with E-state index in [0.29, 0.717) is 6.42 Å². The number of piperazine rings is 1. The summed E-state index contributed by atoms with van der Waals surface area (Å²) >= 11 is 0. The maximum atomic E-state index is 12.8. The Hall–Kier alpha value is -2.07. The average molecular weight is 326 g/mol. The lowest BCUT2D eigenvalue weighted by atomic mass is 10.1. The topological polar surface area (TPSA) is 32.8 Å². The lowest BCUT2D eigenvalue weighted by molar-refractivity contribution is -0.140. The third-order valence-electron chi connectivity index (χ3n) is 4.80. The van der Waals surface area contributed by atoms with Gasteiger partial charge in [-0.05, 0) is 24.4 Å². The number of hydrogen-bond acceptors (Lipinski definition) is 3. The molecule has 0 aromatic heterocycles. The van der Waals surface area contributed by atoms with Gasteiger partial charge in [0.15, 0.2) is 6.10 Å². The summed E-state index contributed by atoms with van der Waals surface area (Å²) in [6.45, 7) is 8.71. The van der Waals surface area contributed by atoms with Gasteiger partial charge < -0.3 is 14.5 Å². The van der Waals surface area contributed by atoms with E-state index >= 15 is 0 Å². The standard InChI is InChI=1S/C20H26N2O2/c1-3-18(20(23)22-14-12-21(4-2)13-15-22)24-19-11-7-9-16-8-5-6-10-17(16)19/h5-11,18H,3-4,12-15H2,1-2H3. The number of nitrogens with zero attached hydrogens (tertiary/aromatic N) is 2. The minimum Gasteiger partial charge on any atom is -0.480 e. The lowest BCUT2D eigenvalue weighted by Crippen LogP contribution is -2.52. The Balaban J connectivity index is 1.73. The first-order chi connectivity index (χ1) is 11.7. The molecule has 24 heavy (non-hydrogen) atoms. The van der Waals surface area contributed by atoms with Crippen LogP contribution in [0.1, 0.15) is 20.3 Å². The number of carbonyl (C=O) groups is 1. The Bertz CT molecular complexity index is 688. The lowest BCUT2D eigenvalue weighted by Gasteiger charge is -2.35. The molecule has 1 atom stereocenters. The van der Waals surface area contributed by atoms with Gasteiger partial charge in [-0.2, -0.15) is 0 Å². The second-order valence-electron chi connectivity index (χ2n) is 6.25. The summed E-state index contributed by atoms with van der Waals surface area (Å²) in [5, 5.41) is 2.19. The molecule has 1 aliphatic heterocycles. The van der Waals surface area contributed by atoms with Crippen LogP contribution in [-0.2, 0) is 4.79 Å². The van der Waals surface area contributed by atoms with Crippen LogP contribution < -0.4 is 4.74 Å². The summed E-state index contributed by atoms with van der Waals surface area (Å²) in [6, 6.07) is 14.1. The first kappa shape index (κ1) is 16.8. The highest BCUT2D eigenvalue weighted by atomic mass is 16.5. The Morgan fingerprint density at radius 3 is 2.46 bits per heavy atom. The fraction of sp³-hybridized carbons (Fsp3) is 0.450. The summed E-state index contributed by atoms with van der Waals surface area (Å²) in [4.78, 5) is 17.2. The molecule has 1 fully saturated rings. The zero-order chi connectivity index (χ0) is 16.9. The summed E-state index contributed by atoms with van der Waals surface area (Å²) < 4.78 is 6.14. The van der Waals surface area contributed by atoms with Gasteiger partial charge in [-0.15, -0.1) is 0 Å². The third-order valence-corrected chi connectivity index (χ3v) is 4.80. The molecule has 0 spiro atoms. The highest BCUT2D eigenvalue weighted by molar-refractivity contribution is 5.89. The molecule has 0 radical (unpaired) electrons. The number of carbonyl (C=O) groups excluding carboxylic acids is 1. The van der Waals surface area contributed by atoms with Crippen LogP contribution in [-0.4, -0.2) is 54.5 Å². The van der Waals surface area contributed by atoms with Crippen molar-refractivity contribution in [2.45, 2.75) is 26.4 Å². The minimum atomic E-state index is -0.413. The summed E-state index contributed by atoms with van der Waals surface area (Å²) in [5.41, 5.74) is 0. The predicted octanol–water partition coefficient (Wildman–Crippen LogP) is 3.16. The van der Waals surface area contributed by atoms with Crippen molar-refractivity contribution in [1.29, 1.82) is 0 Å². The molecule has 1 aliphatic rings. The van der Waals surface area contributed by atoms with Gasteiger partial charge in [0.05, 0.1) is 0 Å². The fourth-order valence-electron chi connectivity index (χ4n) is 3.25. The van der Waals surface area contributed by atoms with Crippen molar-refractivity contribution >= 4 is 16.7 Å². The zero-order valence-electron chi connectivity index (χ0n) is 14.6. The highest BCUT2D eigenvalue weighted by Gasteiger charge is 2.27. The molecular weight excluding hydrogens is 300 g/mol. The van der Waals surface area contributed by atoms with Crippen molar-refractivity contribution in [3.8, 4) is 5.75 Å². The van der Waals surface area contributed by atoms with E-state index in [0.717, 1.165) is 49.2 Å². The molecule has 1 amide bonds. The number of benzene rings is 2. The second-order valence-corrected chi connectivity index (χ2v) is 6.25. The number of fused-ring (bicyclic) bond motifs is 1. The number of hydrogen-bond donors (Lipinski definition) is 0. The van der Waals surface area contributed by atoms with Gasteiger partial charge in [0.2, 0.25) is 0 Å². The number of amides is 1. The molecule has 4 heteroatoms. The summed E-state index contributed by atoms with van der Waals surface area (Å²) in [6.07, 6.45) is 0.264. The maximum Gasteiger partial charge on any atom is 0.263 e. The van der Waals surface area contributed by atoms with Crippen molar-refractivity contribution in [1.82, 2.24) is 9.80 Å². The molecule has 128 valence electrons. The molecule has 1 unspecified atom stereocenters. The Labute approximate surface area is 144 Å². The molecule has 2 aromatic carbocycles. The molecule has 4 nitrogen and oxygen atoms in total. The van der Waals surface area contributed by atoms with Gasteiger partial charge >= 0.3 is 0 Å². The van der Waals surface area contributed by atoms with E-state index in [1.807, 2.05) is 42.2 Å². The number of likely N-dealkylation sites (N-methyl/N-ethyl adjacent to an activating group) is 1. The van der Waals surface area contributed by atoms with E-state index in [-0.39, 0.29) is 5.91 Å². The van der Waals surface area contributed by atoms with Gasteiger partial charge in [0, 0.05) is 31.6 Å². The smallest absolute Gasteiger partial charge is 0.263 e. The first-order valence-electron chi connectivity index (χ1n) is 8.88. The average Bonchev–Trinajstić information content (AvgIpc) is 2.65. The third kappa shape index (κ3) is 3.54. The first-order valence-corrected chi connectivity index (χ1v) is 8.88. The molecule has 0 aliphatic carbocycles. The summed E-state index contributed by atoms with van der Waals surface area (Å²) in [5.74, 6) is 0.904. The van der Waals surface area contributed by atoms with E-state index < -0.39 is 6.10 Å². The van der Waals surface area contributed by atoms with Crippen LogP contribution in [0.2, 0.25) is 0 Å². The van der Waals surface area contributed by atoms with Gasteiger partial charge in [0.25, 0.3) is 5.91 Å². The quantitative estimate of drug-likeness (QED) is 0.846. The van der Waals surface area contributed by atoms with Crippen molar-refractivity contribution in [3.05, 3.63) is 42.5 Å². The van der Waals surface area contributed by atoms with Crippen LogP contribution in [0.25, 0.3) is 10.8 Å². The molecule has 3 rings (SSSR count). The van der Waals surface area contributed by atoms with Crippen molar-refractivity contribution < 1.29 is 9.53 Å². The normalized spacial score (nSPS) is 17.0. The van der Waals surface area contributed by atoms with Crippen LogP contribution in [0.4, 0.5) is 0 Å². The van der Waals surface area contributed by atoms with Gasteiger partial charge in [0.1, 0.15) is 5.75 Å². The Morgan fingerprint density at radius 1 is 1.04 bits per heavy atom. The zero-order valence-corrected chi connectivity index (χ0v) is 14.6. The molecule has 0 N–H and O–H groups in total. The number of rotatable bonds is 5. The van der Waals surface area contributed by atoms with Crippen LogP contribution in [0, 0.1) is 0 Å². The van der Waals surface area contributed by atoms with Crippen molar-refractivity contribution in [2.75, 3.05) is 32.7 Å². The Kier molecular flexibility index (Phi) is 5.36. The summed E-state index contributed by atoms with van der Waals surface area (Å²) in [7, 11) is 0. The van der Waals surface area contributed by atoms with E-state index in [1.54, 1.807) is 0 Å². The highest BCUT2D eigenvalue weighted by Crippen LogP contribution is 2.27. The van der Waals surface area contributed by atoms with E-state index in [1.165, 1.54) is 0 Å². The molecule has 0 saturated carbocycles. The number of ether oxygens (including phenoxy) is 1. The fourth-order valence-corrected chi connectivity index (χ4v) is 3.25. The van der Waals surface area contributed by atoms with Gasteiger partial charge in [-0.25, -0.2) is 0 Å². The molecule has 1 heterocycles. The molecule has 1 saturated heterocycles.